The van der Waals surface area contributed by atoms with Gasteiger partial charge >= 0.3 is 6.03 Å². The van der Waals surface area contributed by atoms with Gasteiger partial charge in [-0.15, -0.1) is 0 Å². The fraction of sp³-hybridized carbons (Fsp3) is 0.190. The third-order valence-electron chi connectivity index (χ3n) is 5.21. The van der Waals surface area contributed by atoms with E-state index in [0.29, 0.717) is 17.3 Å². The highest BCUT2D eigenvalue weighted by Crippen LogP contribution is 2.55. The van der Waals surface area contributed by atoms with Crippen molar-refractivity contribution in [1.82, 2.24) is 15.3 Å². The van der Waals surface area contributed by atoms with E-state index >= 15 is 0 Å². The molecule has 4 N–H and O–H groups in total. The molecule has 0 bridgehead atoms. The van der Waals surface area contributed by atoms with Gasteiger partial charge in [0.15, 0.2) is 15.7 Å². The minimum Gasteiger partial charge on any atom is -0.384 e. The van der Waals surface area contributed by atoms with Crippen LogP contribution in [0, 0.1) is 11.6 Å². The van der Waals surface area contributed by atoms with Gasteiger partial charge in [-0.05, 0) is 49.2 Å². The Morgan fingerprint density at radius 2 is 1.66 bits per heavy atom. The predicted octanol–water partition coefficient (Wildman–Crippen LogP) is 3.22. The number of aromatic nitrogens is 2. The second-order valence-electron chi connectivity index (χ2n) is 7.39. The Hall–Kier alpha value is -3.60. The predicted molar refractivity (Wildman–Crippen MR) is 114 cm³/mol. The highest BCUT2D eigenvalue weighted by atomic mass is 32.2. The molecule has 0 aliphatic heterocycles. The van der Waals surface area contributed by atoms with E-state index in [1.807, 2.05) is 0 Å². The lowest BCUT2D eigenvalue weighted by atomic mass is 10.1. The van der Waals surface area contributed by atoms with Crippen LogP contribution in [0.25, 0.3) is 11.4 Å². The van der Waals surface area contributed by atoms with Gasteiger partial charge in [-0.25, -0.2) is 32.0 Å². The first-order valence-electron chi connectivity index (χ1n) is 9.59. The summed E-state index contributed by atoms with van der Waals surface area (Å²) in [6.45, 7) is 0. The summed E-state index contributed by atoms with van der Waals surface area (Å²) >= 11 is 0. The molecule has 32 heavy (non-hydrogen) atoms. The molecule has 0 spiro atoms. The van der Waals surface area contributed by atoms with Crippen molar-refractivity contribution in [1.29, 1.82) is 0 Å². The third kappa shape index (κ3) is 3.86. The highest BCUT2D eigenvalue weighted by Gasteiger charge is 2.58. The van der Waals surface area contributed by atoms with E-state index in [2.05, 4.69) is 20.6 Å². The Morgan fingerprint density at radius 1 is 1.03 bits per heavy atom. The largest absolute Gasteiger partial charge is 0.384 e. The van der Waals surface area contributed by atoms with Gasteiger partial charge in [-0.3, -0.25) is 0 Å². The summed E-state index contributed by atoms with van der Waals surface area (Å²) in [4.78, 5) is 19.6. The molecule has 3 aromatic rings. The normalized spacial score (nSPS) is 14.6. The van der Waals surface area contributed by atoms with E-state index in [0.717, 1.165) is 12.1 Å². The second kappa shape index (κ2) is 7.83. The fourth-order valence-electron chi connectivity index (χ4n) is 3.41. The smallest absolute Gasteiger partial charge is 0.318 e. The van der Waals surface area contributed by atoms with Gasteiger partial charge in [-0.2, -0.15) is 0 Å². The molecule has 11 heteroatoms. The summed E-state index contributed by atoms with van der Waals surface area (Å²) in [6.07, 6.45) is 0.469. The third-order valence-corrected chi connectivity index (χ3v) is 7.71. The number of nitrogen functional groups attached to an aromatic ring is 1. The van der Waals surface area contributed by atoms with Crippen molar-refractivity contribution in [3.63, 3.8) is 0 Å². The van der Waals surface area contributed by atoms with Crippen LogP contribution in [0.5, 0.6) is 0 Å². The van der Waals surface area contributed by atoms with E-state index in [4.69, 9.17) is 5.73 Å². The Bertz CT molecular complexity index is 1290. The van der Waals surface area contributed by atoms with Crippen molar-refractivity contribution in [2.75, 3.05) is 18.1 Å². The lowest BCUT2D eigenvalue weighted by Gasteiger charge is -2.17. The van der Waals surface area contributed by atoms with Crippen LogP contribution in [0.15, 0.2) is 53.4 Å². The molecule has 4 rings (SSSR count). The number of nitrogens with zero attached hydrogens (tertiary/aromatic N) is 2. The van der Waals surface area contributed by atoms with Crippen molar-refractivity contribution in [3.05, 3.63) is 65.9 Å². The summed E-state index contributed by atoms with van der Waals surface area (Å²) < 4.78 is 52.5. The van der Waals surface area contributed by atoms with E-state index in [1.165, 1.54) is 13.1 Å². The van der Waals surface area contributed by atoms with E-state index in [-0.39, 0.29) is 36.2 Å². The number of carbonyl (C=O) groups is 1. The van der Waals surface area contributed by atoms with Crippen LogP contribution in [0.2, 0.25) is 0 Å². The van der Waals surface area contributed by atoms with Gasteiger partial charge in [0.1, 0.15) is 22.2 Å². The number of urea groups is 1. The average molecular weight is 459 g/mol. The molecular formula is C21H19F2N5O3S. The average Bonchev–Trinajstić information content (AvgIpc) is 3.56. The van der Waals surface area contributed by atoms with Gasteiger partial charge in [0, 0.05) is 30.4 Å². The van der Waals surface area contributed by atoms with Crippen LogP contribution < -0.4 is 16.4 Å². The molecule has 0 atom stereocenters. The fourth-order valence-corrected chi connectivity index (χ4v) is 5.42. The topological polar surface area (TPSA) is 127 Å². The summed E-state index contributed by atoms with van der Waals surface area (Å²) in [5, 5.41) is 5.06. The molecule has 1 fully saturated rings. The number of carbonyl (C=O) groups excluding carboxylic acids is 1. The van der Waals surface area contributed by atoms with E-state index in [9.17, 15) is 22.0 Å². The Morgan fingerprint density at radius 3 is 2.22 bits per heavy atom. The second-order valence-corrected chi connectivity index (χ2v) is 9.65. The minimum atomic E-state index is -4.14. The van der Waals surface area contributed by atoms with Crippen LogP contribution in [-0.2, 0) is 14.6 Å². The van der Waals surface area contributed by atoms with Crippen molar-refractivity contribution in [3.8, 4) is 11.4 Å². The lowest BCUT2D eigenvalue weighted by molar-refractivity contribution is 0.254. The molecule has 8 nitrogen and oxygen atoms in total. The lowest BCUT2D eigenvalue weighted by Crippen LogP contribution is -2.24. The van der Waals surface area contributed by atoms with Crippen LogP contribution >= 0.6 is 0 Å². The van der Waals surface area contributed by atoms with Crippen LogP contribution in [0.4, 0.5) is 25.1 Å². The number of rotatable bonds is 5. The van der Waals surface area contributed by atoms with Crippen LogP contribution in [0.1, 0.15) is 18.5 Å². The number of hydrogen-bond donors (Lipinski definition) is 3. The summed E-state index contributed by atoms with van der Waals surface area (Å²) in [6, 6.07) is 9.76. The van der Waals surface area contributed by atoms with Crippen LogP contribution in [0.3, 0.4) is 0 Å². The Labute approximate surface area is 182 Å². The standard InChI is InChI=1S/C21H19F2N5O3S/c1-25-20(29)26-15-4-2-12(3-5-15)19-27-17(11-18(24)28-19)21(6-7-21)32(30,31)16-9-13(22)8-14(23)10-16/h2-5,8-11H,6-7H2,1H3,(H2,24,27,28)(H2,25,26,29). The van der Waals surface area contributed by atoms with Gasteiger partial charge in [-0.1, -0.05) is 0 Å². The summed E-state index contributed by atoms with van der Waals surface area (Å²) in [7, 11) is -2.65. The molecule has 1 saturated carbocycles. The summed E-state index contributed by atoms with van der Waals surface area (Å²) in [5.41, 5.74) is 7.18. The highest BCUT2D eigenvalue weighted by molar-refractivity contribution is 7.92. The Balaban J connectivity index is 1.72. The SMILES string of the molecule is CNC(=O)Nc1ccc(-c2nc(N)cc(C3(S(=O)(=O)c4cc(F)cc(F)c4)CC3)n2)cc1. The van der Waals surface area contributed by atoms with Crippen molar-refractivity contribution < 1.29 is 22.0 Å². The molecule has 0 radical (unpaired) electrons. The zero-order chi connectivity index (χ0) is 23.1. The molecule has 1 heterocycles. The maximum atomic E-state index is 13.7. The van der Waals surface area contributed by atoms with Gasteiger partial charge in [0.05, 0.1) is 10.6 Å². The van der Waals surface area contributed by atoms with Gasteiger partial charge in [0.2, 0.25) is 0 Å². The number of nitrogens with one attached hydrogen (secondary N) is 2. The van der Waals surface area contributed by atoms with Crippen molar-refractivity contribution in [2.24, 2.45) is 0 Å². The first kappa shape index (κ1) is 21.6. The molecule has 2 amide bonds. The molecule has 2 aromatic carbocycles. The maximum absolute atomic E-state index is 13.7. The zero-order valence-electron chi connectivity index (χ0n) is 16.9. The number of nitrogens with two attached hydrogens (primary N) is 1. The first-order valence-corrected chi connectivity index (χ1v) is 11.1. The quantitative estimate of drug-likeness (QED) is 0.538. The number of halogens is 2. The summed E-state index contributed by atoms with van der Waals surface area (Å²) in [5.74, 6) is -1.71. The van der Waals surface area contributed by atoms with Crippen molar-refractivity contribution >= 4 is 27.4 Å². The van der Waals surface area contributed by atoms with Gasteiger partial charge < -0.3 is 16.4 Å². The first-order chi connectivity index (χ1) is 15.1. The number of sulfone groups is 1. The molecular weight excluding hydrogens is 440 g/mol. The Kier molecular flexibility index (Phi) is 5.29. The van der Waals surface area contributed by atoms with Crippen molar-refractivity contribution in [2.45, 2.75) is 22.5 Å². The molecule has 0 unspecified atom stereocenters. The molecule has 1 aromatic heterocycles. The zero-order valence-corrected chi connectivity index (χ0v) is 17.7. The number of anilines is 2. The van der Waals surface area contributed by atoms with Crippen LogP contribution in [-0.4, -0.2) is 31.5 Å². The number of benzene rings is 2. The molecule has 1 aliphatic carbocycles. The van der Waals surface area contributed by atoms with E-state index in [1.54, 1.807) is 24.3 Å². The maximum Gasteiger partial charge on any atom is 0.318 e. The van der Waals surface area contributed by atoms with Gasteiger partial charge in [0.25, 0.3) is 0 Å². The number of hydrogen-bond acceptors (Lipinski definition) is 6. The molecule has 0 saturated heterocycles. The number of amides is 2. The molecule has 1 aliphatic rings. The monoisotopic (exact) mass is 459 g/mol. The molecule has 166 valence electrons. The minimum absolute atomic E-state index is 0.0597. The van der Waals surface area contributed by atoms with E-state index < -0.39 is 31.1 Å².